The maximum Gasteiger partial charge on any atom is 0.164 e. The van der Waals surface area contributed by atoms with E-state index in [-0.39, 0.29) is 5.41 Å². The number of carbonyl (C=O) groups excluding carboxylic acids is 1. The van der Waals surface area contributed by atoms with Crippen LogP contribution in [-0.2, 0) is 6.42 Å². The van der Waals surface area contributed by atoms with E-state index >= 15 is 0 Å². The molecule has 2 rings (SSSR count). The highest BCUT2D eigenvalue weighted by Gasteiger charge is 2.29. The summed E-state index contributed by atoms with van der Waals surface area (Å²) in [5, 5.41) is 0. The van der Waals surface area contributed by atoms with Crippen LogP contribution >= 0.6 is 0 Å². The molecule has 1 aromatic rings. The summed E-state index contributed by atoms with van der Waals surface area (Å²) >= 11 is 0. The Hall–Kier alpha value is -1.05. The number of fused-ring (bicyclic) bond motifs is 1. The van der Waals surface area contributed by atoms with E-state index < -0.39 is 0 Å². The third-order valence-electron chi connectivity index (χ3n) is 4.09. The molecule has 0 amide bonds. The molecule has 0 fully saturated rings. The minimum atomic E-state index is 0.220. The second-order valence-electron chi connectivity index (χ2n) is 6.33. The maximum absolute atomic E-state index is 11.9. The van der Waals surface area contributed by atoms with Crippen LogP contribution in [0.1, 0.15) is 68.3 Å². The highest BCUT2D eigenvalue weighted by molar-refractivity contribution is 5.98. The number of aryl methyl sites for hydroxylation is 1. The highest BCUT2D eigenvalue weighted by Crippen LogP contribution is 2.36. The van der Waals surface area contributed by atoms with E-state index in [0.717, 1.165) is 24.8 Å². The number of rotatable bonds is 1. The van der Waals surface area contributed by atoms with Gasteiger partial charge in [-0.25, -0.2) is 0 Å². The molecule has 0 bridgehead atoms. The first-order valence-corrected chi connectivity index (χ1v) is 6.56. The van der Waals surface area contributed by atoms with Gasteiger partial charge < -0.3 is 4.57 Å². The van der Waals surface area contributed by atoms with Crippen LogP contribution in [-0.4, -0.2) is 10.4 Å². The van der Waals surface area contributed by atoms with Crippen molar-refractivity contribution in [2.75, 3.05) is 0 Å². The smallest absolute Gasteiger partial charge is 0.164 e. The molecule has 0 saturated carbocycles. The number of aromatic nitrogens is 1. The van der Waals surface area contributed by atoms with E-state index in [1.807, 2.05) is 0 Å². The summed E-state index contributed by atoms with van der Waals surface area (Å²) in [7, 11) is 0. The molecular weight excluding hydrogens is 210 g/mol. The molecular formula is C15H23NO. The van der Waals surface area contributed by atoms with Gasteiger partial charge in [-0.05, 0) is 38.2 Å². The van der Waals surface area contributed by atoms with Gasteiger partial charge in [0.25, 0.3) is 0 Å². The minimum Gasteiger partial charge on any atom is -0.345 e. The third kappa shape index (κ3) is 2.05. The van der Waals surface area contributed by atoms with Gasteiger partial charge in [-0.2, -0.15) is 0 Å². The fourth-order valence-electron chi connectivity index (χ4n) is 2.68. The Labute approximate surface area is 104 Å². The Balaban J connectivity index is 2.52. The van der Waals surface area contributed by atoms with Crippen LogP contribution in [0.25, 0.3) is 0 Å². The Bertz CT molecular complexity index is 448. The van der Waals surface area contributed by atoms with E-state index in [9.17, 15) is 4.79 Å². The quantitative estimate of drug-likeness (QED) is 0.720. The summed E-state index contributed by atoms with van der Waals surface area (Å²) in [6.45, 7) is 11.1. The molecule has 2 heteroatoms. The summed E-state index contributed by atoms with van der Waals surface area (Å²) in [5.74, 6) is 0.328. The van der Waals surface area contributed by atoms with Gasteiger partial charge in [0.05, 0.1) is 0 Å². The summed E-state index contributed by atoms with van der Waals surface area (Å²) < 4.78 is 2.38. The zero-order chi connectivity index (χ0) is 12.8. The lowest BCUT2D eigenvalue weighted by molar-refractivity contribution is 0.0970. The predicted molar refractivity (Wildman–Crippen MR) is 70.6 cm³/mol. The fraction of sp³-hybridized carbons (Fsp3) is 0.667. The first-order chi connectivity index (χ1) is 7.82. The van der Waals surface area contributed by atoms with Gasteiger partial charge >= 0.3 is 0 Å². The molecule has 17 heavy (non-hydrogen) atoms. The van der Waals surface area contributed by atoms with Gasteiger partial charge in [0.15, 0.2) is 5.78 Å². The molecule has 0 saturated heterocycles. The number of nitrogens with zero attached hydrogens (tertiary/aromatic N) is 1. The van der Waals surface area contributed by atoms with Gasteiger partial charge in [0, 0.05) is 29.4 Å². The molecule has 0 aromatic carbocycles. The summed E-state index contributed by atoms with van der Waals surface area (Å²) in [6, 6.07) is 2.51. The molecule has 1 aliphatic rings. The SMILES string of the molecule is Cc1cc2c(n1C(C)C(C)(C)C)CCCC2=O. The van der Waals surface area contributed by atoms with Crippen LogP contribution in [0.2, 0.25) is 0 Å². The Kier molecular flexibility index (Phi) is 2.92. The summed E-state index contributed by atoms with van der Waals surface area (Å²) in [6.07, 6.45) is 2.78. The summed E-state index contributed by atoms with van der Waals surface area (Å²) in [5.41, 5.74) is 3.69. The first kappa shape index (κ1) is 12.4. The third-order valence-corrected chi connectivity index (χ3v) is 4.09. The minimum absolute atomic E-state index is 0.220. The van der Waals surface area contributed by atoms with Gasteiger partial charge in [-0.1, -0.05) is 20.8 Å². The molecule has 1 aliphatic carbocycles. The molecule has 0 spiro atoms. The summed E-state index contributed by atoms with van der Waals surface area (Å²) in [4.78, 5) is 11.9. The average molecular weight is 233 g/mol. The van der Waals surface area contributed by atoms with Gasteiger partial charge in [0.2, 0.25) is 0 Å². The van der Waals surface area contributed by atoms with Crippen LogP contribution < -0.4 is 0 Å². The molecule has 1 unspecified atom stereocenters. The van der Waals surface area contributed by atoms with Crippen molar-refractivity contribution >= 4 is 5.78 Å². The molecule has 1 heterocycles. The van der Waals surface area contributed by atoms with Crippen molar-refractivity contribution in [1.29, 1.82) is 0 Å². The highest BCUT2D eigenvalue weighted by atomic mass is 16.1. The van der Waals surface area contributed by atoms with Crippen LogP contribution in [0.15, 0.2) is 6.07 Å². The first-order valence-electron chi connectivity index (χ1n) is 6.56. The fourth-order valence-corrected chi connectivity index (χ4v) is 2.68. The van der Waals surface area contributed by atoms with Crippen LogP contribution in [0.4, 0.5) is 0 Å². The average Bonchev–Trinajstić information content (AvgIpc) is 2.54. The molecule has 94 valence electrons. The predicted octanol–water partition coefficient (Wildman–Crippen LogP) is 3.92. The number of hydrogen-bond acceptors (Lipinski definition) is 1. The standard InChI is InChI=1S/C15H23NO/c1-10-9-12-13(7-6-8-14(12)17)16(10)11(2)15(3,4)5/h9,11H,6-8H2,1-5H3. The van der Waals surface area contributed by atoms with Gasteiger partial charge in [0.1, 0.15) is 0 Å². The van der Waals surface area contributed by atoms with Crippen molar-refractivity contribution in [3.8, 4) is 0 Å². The zero-order valence-electron chi connectivity index (χ0n) is 11.6. The normalized spacial score (nSPS) is 18.1. The Morgan fingerprint density at radius 1 is 1.29 bits per heavy atom. The van der Waals surface area contributed by atoms with Crippen LogP contribution in [0, 0.1) is 12.3 Å². The van der Waals surface area contributed by atoms with Crippen molar-refractivity contribution in [2.24, 2.45) is 5.41 Å². The monoisotopic (exact) mass is 233 g/mol. The number of carbonyl (C=O) groups is 1. The van der Waals surface area contributed by atoms with E-state index in [1.165, 1.54) is 11.4 Å². The second-order valence-corrected chi connectivity index (χ2v) is 6.33. The lowest BCUT2D eigenvalue weighted by Crippen LogP contribution is -2.25. The van der Waals surface area contributed by atoms with Crippen molar-refractivity contribution < 1.29 is 4.79 Å². The maximum atomic E-state index is 11.9. The Morgan fingerprint density at radius 3 is 2.53 bits per heavy atom. The van der Waals surface area contributed by atoms with E-state index in [0.29, 0.717) is 11.8 Å². The van der Waals surface area contributed by atoms with Gasteiger partial charge in [-0.15, -0.1) is 0 Å². The number of Topliss-reactive ketones (excluding diaryl/α,β-unsaturated/α-hetero) is 1. The number of ketones is 1. The van der Waals surface area contributed by atoms with Crippen LogP contribution in [0.3, 0.4) is 0 Å². The largest absolute Gasteiger partial charge is 0.345 e. The molecule has 0 aliphatic heterocycles. The lowest BCUT2D eigenvalue weighted by atomic mass is 9.87. The van der Waals surface area contributed by atoms with Crippen molar-refractivity contribution in [1.82, 2.24) is 4.57 Å². The van der Waals surface area contributed by atoms with Crippen molar-refractivity contribution in [2.45, 2.75) is 59.9 Å². The van der Waals surface area contributed by atoms with Crippen molar-refractivity contribution in [3.05, 3.63) is 23.0 Å². The molecule has 0 radical (unpaired) electrons. The lowest BCUT2D eigenvalue weighted by Gasteiger charge is -2.32. The van der Waals surface area contributed by atoms with E-state index in [2.05, 4.69) is 45.3 Å². The molecule has 1 aromatic heterocycles. The number of hydrogen-bond donors (Lipinski definition) is 0. The molecule has 1 atom stereocenters. The van der Waals surface area contributed by atoms with E-state index in [4.69, 9.17) is 0 Å². The molecule has 0 N–H and O–H groups in total. The van der Waals surface area contributed by atoms with Gasteiger partial charge in [-0.3, -0.25) is 4.79 Å². The van der Waals surface area contributed by atoms with Crippen molar-refractivity contribution in [3.63, 3.8) is 0 Å². The van der Waals surface area contributed by atoms with Crippen LogP contribution in [0.5, 0.6) is 0 Å². The topological polar surface area (TPSA) is 22.0 Å². The van der Waals surface area contributed by atoms with E-state index in [1.54, 1.807) is 0 Å². The zero-order valence-corrected chi connectivity index (χ0v) is 11.6. The molecule has 2 nitrogen and oxygen atoms in total. The Morgan fingerprint density at radius 2 is 1.94 bits per heavy atom. The second kappa shape index (κ2) is 4.01.